The Hall–Kier alpha value is -1.02. The van der Waals surface area contributed by atoms with Crippen LogP contribution in [0.3, 0.4) is 0 Å². The first-order valence-electron chi connectivity index (χ1n) is 6.07. The molecular weight excluding hydrogens is 184 g/mol. The van der Waals surface area contributed by atoms with Crippen molar-refractivity contribution in [2.45, 2.75) is 71.6 Å². The lowest BCUT2D eigenvalue weighted by Gasteiger charge is -1.90. The average Bonchev–Trinajstić information content (AvgIpc) is 2.26. The van der Waals surface area contributed by atoms with Crippen molar-refractivity contribution in [2.75, 3.05) is 0 Å². The Labute approximate surface area is 94.9 Å². The minimum atomic E-state index is 0.585. The van der Waals surface area contributed by atoms with Gasteiger partial charge in [-0.05, 0) is 12.8 Å². The van der Waals surface area contributed by atoms with Crippen LogP contribution >= 0.6 is 0 Å². The van der Waals surface area contributed by atoms with Gasteiger partial charge in [0, 0.05) is 12.8 Å². The highest BCUT2D eigenvalue weighted by atomic mass is 14.2. The standard InChI is InChI=1S/C7H16.C6H8N2/c1-3-5-7-6-4-2;7-5-3-1-2-4-6-8/h3-7H2,1-2H3;1-4H2. The predicted molar refractivity (Wildman–Crippen MR) is 64.1 cm³/mol. The Bertz CT molecular complexity index is 154. The van der Waals surface area contributed by atoms with Gasteiger partial charge in [0.25, 0.3) is 0 Å². The zero-order valence-corrected chi connectivity index (χ0v) is 10.3. The van der Waals surface area contributed by atoms with Crippen molar-refractivity contribution < 1.29 is 0 Å². The second-order valence-corrected chi connectivity index (χ2v) is 3.58. The summed E-state index contributed by atoms with van der Waals surface area (Å²) in [6, 6.07) is 4.03. The molecule has 0 aliphatic heterocycles. The Morgan fingerprint density at radius 1 is 0.667 bits per heavy atom. The zero-order chi connectivity index (χ0) is 11.8. The molecule has 0 atom stereocenters. The number of nitriles is 2. The first-order valence-corrected chi connectivity index (χ1v) is 6.07. The number of hydrogen-bond donors (Lipinski definition) is 0. The van der Waals surface area contributed by atoms with E-state index in [0.29, 0.717) is 12.8 Å². The quantitative estimate of drug-likeness (QED) is 0.575. The SMILES string of the molecule is CCCCCCC.N#CCCCCC#N. The summed E-state index contributed by atoms with van der Waals surface area (Å²) in [6.07, 6.45) is 9.91. The maximum Gasteiger partial charge on any atom is 0.0621 e. The van der Waals surface area contributed by atoms with Gasteiger partial charge in [-0.3, -0.25) is 0 Å². The van der Waals surface area contributed by atoms with E-state index in [1.54, 1.807) is 0 Å². The summed E-state index contributed by atoms with van der Waals surface area (Å²) in [5.41, 5.74) is 0. The first-order chi connectivity index (χ1) is 7.33. The highest BCUT2D eigenvalue weighted by Gasteiger charge is 1.83. The number of nitrogens with zero attached hydrogens (tertiary/aromatic N) is 2. The van der Waals surface area contributed by atoms with E-state index < -0.39 is 0 Å². The summed E-state index contributed by atoms with van der Waals surface area (Å²) in [7, 11) is 0. The molecule has 0 aliphatic rings. The molecule has 0 N–H and O–H groups in total. The molecule has 0 radical (unpaired) electrons. The van der Waals surface area contributed by atoms with Crippen molar-refractivity contribution in [3.63, 3.8) is 0 Å². The van der Waals surface area contributed by atoms with Gasteiger partial charge in [0.2, 0.25) is 0 Å². The second kappa shape index (κ2) is 18.7. The lowest BCUT2D eigenvalue weighted by atomic mass is 10.2. The lowest BCUT2D eigenvalue weighted by Crippen LogP contribution is -1.70. The fourth-order valence-electron chi connectivity index (χ4n) is 1.08. The molecule has 2 nitrogen and oxygen atoms in total. The van der Waals surface area contributed by atoms with E-state index in [9.17, 15) is 0 Å². The molecule has 0 fully saturated rings. The molecule has 0 heterocycles. The van der Waals surface area contributed by atoms with E-state index >= 15 is 0 Å². The van der Waals surface area contributed by atoms with E-state index in [4.69, 9.17) is 10.5 Å². The van der Waals surface area contributed by atoms with Crippen molar-refractivity contribution in [3.8, 4) is 12.1 Å². The van der Waals surface area contributed by atoms with Gasteiger partial charge < -0.3 is 0 Å². The molecule has 0 rings (SSSR count). The molecule has 0 spiro atoms. The molecule has 0 aromatic carbocycles. The Kier molecular flexibility index (Phi) is 20.5. The highest BCUT2D eigenvalue weighted by molar-refractivity contribution is 4.72. The van der Waals surface area contributed by atoms with E-state index in [-0.39, 0.29) is 0 Å². The van der Waals surface area contributed by atoms with Crippen LogP contribution in [0.5, 0.6) is 0 Å². The highest BCUT2D eigenvalue weighted by Crippen LogP contribution is 2.00. The van der Waals surface area contributed by atoms with E-state index in [0.717, 1.165) is 12.8 Å². The van der Waals surface area contributed by atoms with Crippen LogP contribution < -0.4 is 0 Å². The molecule has 0 aromatic heterocycles. The number of hydrogen-bond acceptors (Lipinski definition) is 2. The van der Waals surface area contributed by atoms with E-state index in [1.807, 2.05) is 12.1 Å². The summed E-state index contributed by atoms with van der Waals surface area (Å²) in [6.45, 7) is 4.49. The van der Waals surface area contributed by atoms with Gasteiger partial charge in [0.05, 0.1) is 12.1 Å². The van der Waals surface area contributed by atoms with Gasteiger partial charge in [-0.2, -0.15) is 10.5 Å². The summed E-state index contributed by atoms with van der Waals surface area (Å²) in [5, 5.41) is 16.1. The minimum absolute atomic E-state index is 0.585. The second-order valence-electron chi connectivity index (χ2n) is 3.58. The molecule has 0 saturated carbocycles. The molecule has 0 aliphatic carbocycles. The molecule has 0 amide bonds. The molecule has 0 unspecified atom stereocenters. The molecular formula is C13H24N2. The van der Waals surface area contributed by atoms with Gasteiger partial charge in [-0.1, -0.05) is 46.0 Å². The monoisotopic (exact) mass is 208 g/mol. The molecule has 2 heteroatoms. The molecule has 0 bridgehead atoms. The minimum Gasteiger partial charge on any atom is -0.198 e. The van der Waals surface area contributed by atoms with Crippen molar-refractivity contribution >= 4 is 0 Å². The smallest absolute Gasteiger partial charge is 0.0621 e. The Morgan fingerprint density at radius 3 is 1.33 bits per heavy atom. The van der Waals surface area contributed by atoms with E-state index in [2.05, 4.69) is 13.8 Å². The normalized spacial score (nSPS) is 8.27. The van der Waals surface area contributed by atoms with Crippen LogP contribution in [0, 0.1) is 22.7 Å². The third kappa shape index (κ3) is 24.6. The zero-order valence-electron chi connectivity index (χ0n) is 10.3. The van der Waals surface area contributed by atoms with Crippen LogP contribution in [0.25, 0.3) is 0 Å². The van der Waals surface area contributed by atoms with Crippen LogP contribution in [0.2, 0.25) is 0 Å². The van der Waals surface area contributed by atoms with Crippen LogP contribution in [0.1, 0.15) is 71.6 Å². The molecule has 0 saturated heterocycles. The Balaban J connectivity index is 0. The molecule has 86 valence electrons. The summed E-state index contributed by atoms with van der Waals surface area (Å²) in [4.78, 5) is 0. The van der Waals surface area contributed by atoms with Gasteiger partial charge >= 0.3 is 0 Å². The van der Waals surface area contributed by atoms with Crippen LogP contribution in [-0.4, -0.2) is 0 Å². The predicted octanol–water partition coefficient (Wildman–Crippen LogP) is 4.57. The largest absolute Gasteiger partial charge is 0.198 e. The van der Waals surface area contributed by atoms with Gasteiger partial charge in [0.15, 0.2) is 0 Å². The summed E-state index contributed by atoms with van der Waals surface area (Å²) < 4.78 is 0. The fraction of sp³-hybridized carbons (Fsp3) is 0.846. The first kappa shape index (κ1) is 16.4. The van der Waals surface area contributed by atoms with Gasteiger partial charge in [-0.15, -0.1) is 0 Å². The maximum absolute atomic E-state index is 8.03. The van der Waals surface area contributed by atoms with E-state index in [1.165, 1.54) is 32.1 Å². The van der Waals surface area contributed by atoms with Crippen molar-refractivity contribution in [1.29, 1.82) is 10.5 Å². The van der Waals surface area contributed by atoms with Crippen LogP contribution in [0.15, 0.2) is 0 Å². The maximum atomic E-state index is 8.03. The molecule has 15 heavy (non-hydrogen) atoms. The van der Waals surface area contributed by atoms with Crippen molar-refractivity contribution in [2.24, 2.45) is 0 Å². The third-order valence-corrected chi connectivity index (χ3v) is 2.03. The van der Waals surface area contributed by atoms with Crippen LogP contribution in [-0.2, 0) is 0 Å². The summed E-state index contributed by atoms with van der Waals surface area (Å²) >= 11 is 0. The fourth-order valence-corrected chi connectivity index (χ4v) is 1.08. The number of unbranched alkanes of at least 4 members (excludes halogenated alkanes) is 7. The average molecular weight is 208 g/mol. The number of rotatable bonds is 7. The molecule has 0 aromatic rings. The van der Waals surface area contributed by atoms with Gasteiger partial charge in [0.1, 0.15) is 0 Å². The lowest BCUT2D eigenvalue weighted by molar-refractivity contribution is 0.656. The van der Waals surface area contributed by atoms with Crippen molar-refractivity contribution in [1.82, 2.24) is 0 Å². The summed E-state index contributed by atoms with van der Waals surface area (Å²) in [5.74, 6) is 0. The van der Waals surface area contributed by atoms with Crippen LogP contribution in [0.4, 0.5) is 0 Å². The third-order valence-electron chi connectivity index (χ3n) is 2.03. The van der Waals surface area contributed by atoms with Gasteiger partial charge in [-0.25, -0.2) is 0 Å². The Morgan fingerprint density at radius 2 is 1.07 bits per heavy atom. The van der Waals surface area contributed by atoms with Crippen molar-refractivity contribution in [3.05, 3.63) is 0 Å². The topological polar surface area (TPSA) is 47.6 Å².